The Balaban J connectivity index is 1.88. The van der Waals surface area contributed by atoms with Crippen molar-refractivity contribution in [2.45, 2.75) is 6.18 Å². The number of benzene rings is 2. The number of nitriles is 1. The van der Waals surface area contributed by atoms with E-state index in [1.165, 1.54) is 37.4 Å². The number of hydrogen-bond acceptors (Lipinski definition) is 4. The first-order valence-corrected chi connectivity index (χ1v) is 8.66. The predicted octanol–water partition coefficient (Wildman–Crippen LogP) is 5.52. The van der Waals surface area contributed by atoms with E-state index in [0.29, 0.717) is 11.4 Å². The van der Waals surface area contributed by atoms with Crippen molar-refractivity contribution in [1.82, 2.24) is 0 Å². The van der Waals surface area contributed by atoms with Gasteiger partial charge >= 0.3 is 6.18 Å². The molecule has 0 saturated heterocycles. The first-order valence-electron chi connectivity index (χ1n) is 8.66. The number of rotatable bonds is 5. The van der Waals surface area contributed by atoms with Crippen molar-refractivity contribution in [2.75, 3.05) is 12.4 Å². The molecule has 3 aromatic rings. The number of halogens is 3. The Morgan fingerprint density at radius 3 is 2.50 bits per heavy atom. The Labute approximate surface area is 170 Å². The number of carbonyl (C=O) groups is 1. The van der Waals surface area contributed by atoms with Crippen LogP contribution in [0.4, 0.5) is 18.9 Å². The zero-order chi connectivity index (χ0) is 21.7. The van der Waals surface area contributed by atoms with Crippen molar-refractivity contribution in [3.63, 3.8) is 0 Å². The molecule has 1 aromatic heterocycles. The smallest absolute Gasteiger partial charge is 0.417 e. The molecule has 0 atom stereocenters. The van der Waals surface area contributed by atoms with E-state index in [4.69, 9.17) is 9.15 Å². The molecule has 152 valence electrons. The molecule has 0 bridgehead atoms. The van der Waals surface area contributed by atoms with Gasteiger partial charge in [0.2, 0.25) is 0 Å². The minimum atomic E-state index is -4.55. The van der Waals surface area contributed by atoms with Crippen LogP contribution in [0.15, 0.2) is 70.7 Å². The van der Waals surface area contributed by atoms with Gasteiger partial charge in [-0.15, -0.1) is 0 Å². The molecular formula is C22H15F3N2O3. The van der Waals surface area contributed by atoms with Crippen LogP contribution in [0.25, 0.3) is 17.4 Å². The predicted molar refractivity (Wildman–Crippen MR) is 104 cm³/mol. The van der Waals surface area contributed by atoms with Crippen LogP contribution < -0.4 is 10.1 Å². The Bertz CT molecular complexity index is 1140. The van der Waals surface area contributed by atoms with Crippen LogP contribution in [0.1, 0.15) is 11.3 Å². The number of methoxy groups -OCH3 is 1. The number of nitrogens with one attached hydrogen (secondary N) is 1. The summed E-state index contributed by atoms with van der Waals surface area (Å²) < 4.78 is 50.3. The molecule has 3 rings (SSSR count). The van der Waals surface area contributed by atoms with E-state index in [1.807, 2.05) is 0 Å². The summed E-state index contributed by atoms with van der Waals surface area (Å²) in [5.74, 6) is -0.270. The maximum atomic E-state index is 13.2. The molecule has 0 unspecified atom stereocenters. The summed E-state index contributed by atoms with van der Waals surface area (Å²) in [5.41, 5.74) is -0.901. The summed E-state index contributed by atoms with van der Waals surface area (Å²) in [4.78, 5) is 12.4. The first-order chi connectivity index (χ1) is 14.3. The van der Waals surface area contributed by atoms with E-state index >= 15 is 0 Å². The molecular weight excluding hydrogens is 397 g/mol. The van der Waals surface area contributed by atoms with Crippen LogP contribution in [0.3, 0.4) is 0 Å². The maximum Gasteiger partial charge on any atom is 0.417 e. The average molecular weight is 412 g/mol. The number of nitrogens with zero attached hydrogens (tertiary/aromatic N) is 1. The number of para-hydroxylation sites is 2. The van der Waals surface area contributed by atoms with Gasteiger partial charge in [-0.3, -0.25) is 4.79 Å². The van der Waals surface area contributed by atoms with Gasteiger partial charge in [-0.2, -0.15) is 18.4 Å². The molecule has 1 N–H and O–H groups in total. The molecule has 0 saturated carbocycles. The third kappa shape index (κ3) is 4.52. The fraction of sp³-hybridized carbons (Fsp3) is 0.0909. The second-order valence-corrected chi connectivity index (χ2v) is 6.07. The molecule has 0 aliphatic heterocycles. The summed E-state index contributed by atoms with van der Waals surface area (Å²) in [7, 11) is 1.44. The summed E-state index contributed by atoms with van der Waals surface area (Å²) in [6, 6.07) is 16.1. The van der Waals surface area contributed by atoms with E-state index in [9.17, 15) is 23.2 Å². The average Bonchev–Trinajstić information content (AvgIpc) is 3.20. The molecule has 1 heterocycles. The van der Waals surface area contributed by atoms with Crippen LogP contribution in [0, 0.1) is 11.3 Å². The first kappa shape index (κ1) is 20.7. The zero-order valence-corrected chi connectivity index (χ0v) is 15.7. The lowest BCUT2D eigenvalue weighted by Gasteiger charge is -2.10. The van der Waals surface area contributed by atoms with Gasteiger partial charge in [0.15, 0.2) is 0 Å². The third-order valence-corrected chi connectivity index (χ3v) is 4.13. The lowest BCUT2D eigenvalue weighted by molar-refractivity contribution is -0.137. The topological polar surface area (TPSA) is 75.3 Å². The largest absolute Gasteiger partial charge is 0.495 e. The van der Waals surface area contributed by atoms with E-state index in [0.717, 1.165) is 12.1 Å². The molecule has 1 amide bonds. The Morgan fingerprint density at radius 2 is 1.80 bits per heavy atom. The highest BCUT2D eigenvalue weighted by molar-refractivity contribution is 6.10. The summed E-state index contributed by atoms with van der Waals surface area (Å²) in [5, 5.41) is 11.9. The number of anilines is 1. The van der Waals surface area contributed by atoms with Crippen LogP contribution in [-0.4, -0.2) is 13.0 Å². The standard InChI is InChI=1S/C22H15F3N2O3/c1-29-20-9-5-4-8-18(20)27-21(28)14(13-26)12-15-10-11-19(30-15)16-6-2-3-7-17(16)22(23,24)25/h2-12H,1H3,(H,27,28)/b14-12+. The van der Waals surface area contributed by atoms with Crippen LogP contribution in [-0.2, 0) is 11.0 Å². The van der Waals surface area contributed by atoms with Crippen LogP contribution in [0.5, 0.6) is 5.75 Å². The summed E-state index contributed by atoms with van der Waals surface area (Å²) in [6.45, 7) is 0. The van der Waals surface area contributed by atoms with Crippen molar-refractivity contribution in [2.24, 2.45) is 0 Å². The lowest BCUT2D eigenvalue weighted by atomic mass is 10.1. The fourth-order valence-corrected chi connectivity index (χ4v) is 2.75. The van der Waals surface area contributed by atoms with Crippen LogP contribution in [0.2, 0.25) is 0 Å². The van der Waals surface area contributed by atoms with E-state index < -0.39 is 17.6 Å². The van der Waals surface area contributed by atoms with Gasteiger partial charge in [-0.05, 0) is 30.3 Å². The second kappa shape index (κ2) is 8.57. The normalized spacial score (nSPS) is 11.6. The van der Waals surface area contributed by atoms with Crippen molar-refractivity contribution < 1.29 is 27.1 Å². The molecule has 0 aliphatic rings. The van der Waals surface area contributed by atoms with Gasteiger partial charge in [0, 0.05) is 11.6 Å². The van der Waals surface area contributed by atoms with Crippen molar-refractivity contribution in [1.29, 1.82) is 5.26 Å². The van der Waals surface area contributed by atoms with Gasteiger partial charge in [0.1, 0.15) is 28.9 Å². The maximum absolute atomic E-state index is 13.2. The highest BCUT2D eigenvalue weighted by Crippen LogP contribution is 2.37. The number of ether oxygens (including phenoxy) is 1. The zero-order valence-electron chi connectivity index (χ0n) is 15.7. The molecule has 2 aromatic carbocycles. The Hall–Kier alpha value is -3.99. The number of alkyl halides is 3. The minimum Gasteiger partial charge on any atom is -0.495 e. The van der Waals surface area contributed by atoms with Gasteiger partial charge in [0.05, 0.1) is 18.4 Å². The minimum absolute atomic E-state index is 0.0309. The van der Waals surface area contributed by atoms with Gasteiger partial charge in [0.25, 0.3) is 5.91 Å². The molecule has 0 spiro atoms. The van der Waals surface area contributed by atoms with Crippen LogP contribution >= 0.6 is 0 Å². The molecule has 0 fully saturated rings. The quantitative estimate of drug-likeness (QED) is 0.442. The third-order valence-electron chi connectivity index (χ3n) is 4.13. The number of amides is 1. The molecule has 30 heavy (non-hydrogen) atoms. The van der Waals surface area contributed by atoms with Crippen molar-refractivity contribution >= 4 is 17.7 Å². The van der Waals surface area contributed by atoms with Gasteiger partial charge in [-0.25, -0.2) is 0 Å². The molecule has 0 radical (unpaired) electrons. The van der Waals surface area contributed by atoms with Crippen molar-refractivity contribution in [3.05, 3.63) is 77.6 Å². The van der Waals surface area contributed by atoms with E-state index in [-0.39, 0.29) is 22.7 Å². The number of carbonyl (C=O) groups excluding carboxylic acids is 1. The SMILES string of the molecule is COc1ccccc1NC(=O)/C(C#N)=C/c1ccc(-c2ccccc2C(F)(F)F)o1. The van der Waals surface area contributed by atoms with Gasteiger partial charge in [-0.1, -0.05) is 30.3 Å². The highest BCUT2D eigenvalue weighted by Gasteiger charge is 2.34. The lowest BCUT2D eigenvalue weighted by Crippen LogP contribution is -2.14. The monoisotopic (exact) mass is 412 g/mol. The Morgan fingerprint density at radius 1 is 1.10 bits per heavy atom. The van der Waals surface area contributed by atoms with E-state index in [2.05, 4.69) is 5.32 Å². The molecule has 8 heteroatoms. The Kier molecular flexibility index (Phi) is 5.93. The van der Waals surface area contributed by atoms with Crippen molar-refractivity contribution in [3.8, 4) is 23.1 Å². The molecule has 5 nitrogen and oxygen atoms in total. The summed E-state index contributed by atoms with van der Waals surface area (Å²) >= 11 is 0. The van der Waals surface area contributed by atoms with Gasteiger partial charge < -0.3 is 14.5 Å². The number of hydrogen-bond donors (Lipinski definition) is 1. The molecule has 0 aliphatic carbocycles. The highest BCUT2D eigenvalue weighted by atomic mass is 19.4. The fourth-order valence-electron chi connectivity index (χ4n) is 2.75. The second-order valence-electron chi connectivity index (χ2n) is 6.07. The number of furan rings is 1. The van der Waals surface area contributed by atoms with E-state index in [1.54, 1.807) is 30.3 Å². The summed E-state index contributed by atoms with van der Waals surface area (Å²) in [6.07, 6.45) is -3.39.